The number of aryl methyl sites for hydroxylation is 1. The smallest absolute Gasteiger partial charge is 0.239 e. The van der Waals surface area contributed by atoms with Crippen molar-refractivity contribution in [2.75, 3.05) is 58.3 Å². The average molecular weight is 420 g/mol. The van der Waals surface area contributed by atoms with Crippen LogP contribution >= 0.6 is 11.3 Å². The molecule has 8 heteroatoms. The van der Waals surface area contributed by atoms with Crippen molar-refractivity contribution in [3.63, 3.8) is 0 Å². The number of thiophene rings is 1. The van der Waals surface area contributed by atoms with Crippen LogP contribution in [0.2, 0.25) is 0 Å². The minimum absolute atomic E-state index is 0.0190. The van der Waals surface area contributed by atoms with Gasteiger partial charge in [-0.25, -0.2) is 0 Å². The third-order valence-corrected chi connectivity index (χ3v) is 5.76. The van der Waals surface area contributed by atoms with Crippen LogP contribution in [-0.4, -0.2) is 79.9 Å². The summed E-state index contributed by atoms with van der Waals surface area (Å²) in [6.07, 6.45) is -0.586. The van der Waals surface area contributed by atoms with Crippen molar-refractivity contribution in [1.29, 1.82) is 0 Å². The maximum Gasteiger partial charge on any atom is 0.239 e. The van der Waals surface area contributed by atoms with Crippen LogP contribution in [0.1, 0.15) is 5.56 Å². The van der Waals surface area contributed by atoms with E-state index in [0.717, 1.165) is 36.7 Å². The summed E-state index contributed by atoms with van der Waals surface area (Å²) in [6.45, 7) is 6.40. The number of β-amino-alcohol motifs (C(OH)–C–C–N with tert-alkyl or cyclic N) is 1. The van der Waals surface area contributed by atoms with Crippen molar-refractivity contribution in [2.24, 2.45) is 0 Å². The monoisotopic (exact) mass is 419 g/mol. The van der Waals surface area contributed by atoms with Crippen molar-refractivity contribution in [2.45, 2.75) is 13.0 Å². The Morgan fingerprint density at radius 3 is 2.55 bits per heavy atom. The lowest BCUT2D eigenvalue weighted by molar-refractivity contribution is -0.117. The molecule has 3 rings (SSSR count). The molecule has 158 valence electrons. The molecule has 29 heavy (non-hydrogen) atoms. The Hall–Kier alpha value is -2.13. The molecule has 1 saturated heterocycles. The molecule has 0 radical (unpaired) electrons. The number of hydrogen-bond acceptors (Lipinski definition) is 7. The van der Waals surface area contributed by atoms with Crippen molar-refractivity contribution < 1.29 is 19.4 Å². The number of carbonyl (C=O) groups is 1. The molecule has 0 saturated carbocycles. The first kappa shape index (κ1) is 21.6. The lowest BCUT2D eigenvalue weighted by Gasteiger charge is -2.35. The number of aliphatic hydroxyl groups excluding tert-OH is 1. The number of hydrogen-bond donors (Lipinski definition) is 2. The second kappa shape index (κ2) is 10.6. The second-order valence-electron chi connectivity index (χ2n) is 7.23. The molecule has 1 atom stereocenters. The standard InChI is InChI=1S/C21H29N3O4S/c1-16-11-21(29-15-16)22-20(26)13-24-9-7-23(8-10-24)12-17(25)14-28-19-6-4-3-5-18(19)27-2/h3-6,11,15,17,25H,7-10,12-14H2,1-2H3,(H,22,26). The number of piperazine rings is 1. The number of benzene rings is 1. The predicted molar refractivity (Wildman–Crippen MR) is 115 cm³/mol. The van der Waals surface area contributed by atoms with E-state index in [1.807, 2.05) is 42.6 Å². The average Bonchev–Trinajstić information content (AvgIpc) is 3.12. The molecule has 7 nitrogen and oxygen atoms in total. The first-order valence-corrected chi connectivity index (χ1v) is 10.6. The van der Waals surface area contributed by atoms with Gasteiger partial charge in [0.15, 0.2) is 11.5 Å². The molecule has 2 heterocycles. The fourth-order valence-corrected chi connectivity index (χ4v) is 4.09. The molecular weight excluding hydrogens is 390 g/mol. The van der Waals surface area contributed by atoms with Gasteiger partial charge in [-0.15, -0.1) is 11.3 Å². The topological polar surface area (TPSA) is 74.3 Å². The molecule has 1 aliphatic rings. The number of nitrogens with one attached hydrogen (secondary N) is 1. The van der Waals surface area contributed by atoms with Gasteiger partial charge in [-0.3, -0.25) is 14.6 Å². The summed E-state index contributed by atoms with van der Waals surface area (Å²) in [5.41, 5.74) is 1.16. The molecule has 2 N–H and O–H groups in total. The third-order valence-electron chi connectivity index (χ3n) is 4.79. The lowest BCUT2D eigenvalue weighted by atomic mass is 10.2. The van der Waals surface area contributed by atoms with E-state index in [2.05, 4.69) is 15.1 Å². The van der Waals surface area contributed by atoms with Crippen LogP contribution in [0, 0.1) is 6.92 Å². The van der Waals surface area contributed by atoms with Crippen LogP contribution in [0.25, 0.3) is 0 Å². The fraction of sp³-hybridized carbons (Fsp3) is 0.476. The van der Waals surface area contributed by atoms with Gasteiger partial charge < -0.3 is 19.9 Å². The molecular formula is C21H29N3O4S. The van der Waals surface area contributed by atoms with E-state index in [-0.39, 0.29) is 12.5 Å². The Morgan fingerprint density at radius 2 is 1.90 bits per heavy atom. The minimum Gasteiger partial charge on any atom is -0.493 e. The Balaban J connectivity index is 1.35. The largest absolute Gasteiger partial charge is 0.493 e. The highest BCUT2D eigenvalue weighted by atomic mass is 32.1. The predicted octanol–water partition coefficient (Wildman–Crippen LogP) is 2.06. The minimum atomic E-state index is -0.586. The Bertz CT molecular complexity index is 790. The van der Waals surface area contributed by atoms with Gasteiger partial charge in [0.2, 0.25) is 5.91 Å². The molecule has 2 aromatic rings. The molecule has 1 aromatic carbocycles. The van der Waals surface area contributed by atoms with Gasteiger partial charge in [0.25, 0.3) is 0 Å². The maximum atomic E-state index is 12.2. The summed E-state index contributed by atoms with van der Waals surface area (Å²) in [5.74, 6) is 1.31. The van der Waals surface area contributed by atoms with Crippen molar-refractivity contribution in [3.05, 3.63) is 41.3 Å². The lowest BCUT2D eigenvalue weighted by Crippen LogP contribution is -2.50. The summed E-state index contributed by atoms with van der Waals surface area (Å²) in [7, 11) is 1.60. The van der Waals surface area contributed by atoms with Crippen LogP contribution in [0.3, 0.4) is 0 Å². The highest BCUT2D eigenvalue weighted by Crippen LogP contribution is 2.25. The number of amides is 1. The SMILES string of the molecule is COc1ccccc1OCC(O)CN1CCN(CC(=O)Nc2cc(C)cs2)CC1. The first-order chi connectivity index (χ1) is 14.0. The van der Waals surface area contributed by atoms with Gasteiger partial charge in [0, 0.05) is 32.7 Å². The van der Waals surface area contributed by atoms with E-state index in [0.29, 0.717) is 24.6 Å². The maximum absolute atomic E-state index is 12.2. The summed E-state index contributed by atoms with van der Waals surface area (Å²) in [4.78, 5) is 16.5. The molecule has 1 fully saturated rings. The van der Waals surface area contributed by atoms with Crippen molar-refractivity contribution >= 4 is 22.2 Å². The number of ether oxygens (including phenoxy) is 2. The summed E-state index contributed by atoms with van der Waals surface area (Å²) in [6, 6.07) is 9.39. The van der Waals surface area contributed by atoms with Gasteiger partial charge >= 0.3 is 0 Å². The number of aliphatic hydroxyl groups is 1. The number of rotatable bonds is 9. The van der Waals surface area contributed by atoms with Crippen LogP contribution in [0.5, 0.6) is 11.5 Å². The van der Waals surface area contributed by atoms with Crippen LogP contribution in [-0.2, 0) is 4.79 Å². The van der Waals surface area contributed by atoms with E-state index >= 15 is 0 Å². The van der Waals surface area contributed by atoms with Crippen molar-refractivity contribution in [1.82, 2.24) is 9.80 Å². The Morgan fingerprint density at radius 1 is 1.21 bits per heavy atom. The highest BCUT2D eigenvalue weighted by Gasteiger charge is 2.21. The van der Waals surface area contributed by atoms with Gasteiger partial charge in [0.1, 0.15) is 12.7 Å². The summed E-state index contributed by atoms with van der Waals surface area (Å²) < 4.78 is 11.0. The quantitative estimate of drug-likeness (QED) is 0.648. The van der Waals surface area contributed by atoms with E-state index < -0.39 is 6.10 Å². The van der Waals surface area contributed by atoms with Crippen LogP contribution < -0.4 is 14.8 Å². The first-order valence-electron chi connectivity index (χ1n) is 9.77. The van der Waals surface area contributed by atoms with E-state index in [4.69, 9.17) is 9.47 Å². The molecule has 0 bridgehead atoms. The number of methoxy groups -OCH3 is 1. The Labute approximate surface area is 175 Å². The fourth-order valence-electron chi connectivity index (χ4n) is 3.28. The van der Waals surface area contributed by atoms with E-state index in [1.54, 1.807) is 18.4 Å². The number of nitrogens with zero attached hydrogens (tertiary/aromatic N) is 2. The van der Waals surface area contributed by atoms with Gasteiger partial charge in [-0.2, -0.15) is 0 Å². The zero-order valence-corrected chi connectivity index (χ0v) is 17.8. The normalized spacial score (nSPS) is 16.4. The third kappa shape index (κ3) is 6.71. The molecule has 1 aliphatic heterocycles. The molecule has 1 amide bonds. The second-order valence-corrected chi connectivity index (χ2v) is 8.14. The van der Waals surface area contributed by atoms with Crippen LogP contribution in [0.15, 0.2) is 35.7 Å². The number of para-hydroxylation sites is 2. The zero-order valence-electron chi connectivity index (χ0n) is 17.0. The molecule has 0 spiro atoms. The van der Waals surface area contributed by atoms with E-state index in [1.165, 1.54) is 0 Å². The molecule has 0 aliphatic carbocycles. The van der Waals surface area contributed by atoms with Gasteiger partial charge in [-0.1, -0.05) is 12.1 Å². The summed E-state index contributed by atoms with van der Waals surface area (Å²) >= 11 is 1.55. The molecule has 1 aromatic heterocycles. The molecule has 1 unspecified atom stereocenters. The van der Waals surface area contributed by atoms with Gasteiger partial charge in [-0.05, 0) is 36.1 Å². The number of anilines is 1. The van der Waals surface area contributed by atoms with E-state index in [9.17, 15) is 9.90 Å². The highest BCUT2D eigenvalue weighted by molar-refractivity contribution is 7.14. The van der Waals surface area contributed by atoms with Crippen molar-refractivity contribution in [3.8, 4) is 11.5 Å². The Kier molecular flexibility index (Phi) is 7.88. The zero-order chi connectivity index (χ0) is 20.6. The summed E-state index contributed by atoms with van der Waals surface area (Å²) in [5, 5.41) is 16.2. The van der Waals surface area contributed by atoms with Gasteiger partial charge in [0.05, 0.1) is 18.7 Å². The van der Waals surface area contributed by atoms with Crippen LogP contribution in [0.4, 0.5) is 5.00 Å². The number of carbonyl (C=O) groups excluding carboxylic acids is 1.